The number of fused-ring (bicyclic) bond motifs is 1. The fraction of sp³-hybridized carbons (Fsp3) is 0.333. The van der Waals surface area contributed by atoms with E-state index in [0.29, 0.717) is 6.42 Å². The third-order valence-corrected chi connectivity index (χ3v) is 4.50. The molecular formula is C21H25N3O2. The van der Waals surface area contributed by atoms with Crippen LogP contribution in [-0.2, 0) is 16.0 Å². The molecule has 0 bridgehead atoms. The Hall–Kier alpha value is -2.82. The molecule has 2 amide bonds. The Bertz CT molecular complexity index is 771. The van der Waals surface area contributed by atoms with Crippen molar-refractivity contribution in [1.29, 1.82) is 0 Å². The highest BCUT2D eigenvalue weighted by molar-refractivity contribution is 5.97. The first-order valence-electron chi connectivity index (χ1n) is 9.19. The molecule has 0 saturated carbocycles. The molecule has 1 aliphatic heterocycles. The predicted molar refractivity (Wildman–Crippen MR) is 106 cm³/mol. The van der Waals surface area contributed by atoms with Crippen molar-refractivity contribution < 1.29 is 9.59 Å². The zero-order valence-electron chi connectivity index (χ0n) is 15.1. The standard InChI is InChI=1S/C21H25N3O2/c1-2-6-20(25)23-18-12-10-17(11-13-18)22-15-21(26)24-14-5-8-16-7-3-4-9-19(16)24/h3-4,7,9-13,22H,2,5-6,8,14-15H2,1H3,(H,23,25). The van der Waals surface area contributed by atoms with Gasteiger partial charge in [-0.1, -0.05) is 25.1 Å². The Labute approximate surface area is 154 Å². The van der Waals surface area contributed by atoms with Crippen molar-refractivity contribution in [1.82, 2.24) is 0 Å². The maximum Gasteiger partial charge on any atom is 0.246 e. The number of amides is 2. The topological polar surface area (TPSA) is 61.4 Å². The second-order valence-corrected chi connectivity index (χ2v) is 6.51. The van der Waals surface area contributed by atoms with E-state index in [9.17, 15) is 9.59 Å². The molecule has 0 radical (unpaired) electrons. The van der Waals surface area contributed by atoms with E-state index in [0.717, 1.165) is 42.9 Å². The van der Waals surface area contributed by atoms with Gasteiger partial charge in [-0.05, 0) is 55.2 Å². The number of para-hydroxylation sites is 1. The molecule has 26 heavy (non-hydrogen) atoms. The largest absolute Gasteiger partial charge is 0.376 e. The maximum absolute atomic E-state index is 12.6. The quantitative estimate of drug-likeness (QED) is 0.832. The minimum Gasteiger partial charge on any atom is -0.376 e. The highest BCUT2D eigenvalue weighted by Gasteiger charge is 2.21. The molecular weight excluding hydrogens is 326 g/mol. The van der Waals surface area contributed by atoms with E-state index >= 15 is 0 Å². The van der Waals surface area contributed by atoms with Crippen LogP contribution in [0.15, 0.2) is 48.5 Å². The van der Waals surface area contributed by atoms with Crippen LogP contribution in [0.25, 0.3) is 0 Å². The average Bonchev–Trinajstić information content (AvgIpc) is 2.67. The van der Waals surface area contributed by atoms with Crippen molar-refractivity contribution >= 4 is 28.9 Å². The van der Waals surface area contributed by atoms with Gasteiger partial charge in [0.2, 0.25) is 11.8 Å². The van der Waals surface area contributed by atoms with Crippen LogP contribution >= 0.6 is 0 Å². The van der Waals surface area contributed by atoms with Gasteiger partial charge in [0.25, 0.3) is 0 Å². The van der Waals surface area contributed by atoms with Crippen LogP contribution in [0.1, 0.15) is 31.7 Å². The molecule has 5 heteroatoms. The molecule has 2 aromatic carbocycles. The highest BCUT2D eigenvalue weighted by Crippen LogP contribution is 2.26. The Kier molecular flexibility index (Phi) is 5.89. The fourth-order valence-electron chi connectivity index (χ4n) is 3.19. The van der Waals surface area contributed by atoms with E-state index in [1.165, 1.54) is 5.56 Å². The summed E-state index contributed by atoms with van der Waals surface area (Å²) in [4.78, 5) is 26.1. The second kappa shape index (κ2) is 8.52. The first kappa shape index (κ1) is 18.0. The van der Waals surface area contributed by atoms with Gasteiger partial charge in [-0.25, -0.2) is 0 Å². The molecule has 5 nitrogen and oxygen atoms in total. The van der Waals surface area contributed by atoms with E-state index in [-0.39, 0.29) is 18.4 Å². The van der Waals surface area contributed by atoms with Crippen LogP contribution in [-0.4, -0.2) is 24.9 Å². The lowest BCUT2D eigenvalue weighted by Crippen LogP contribution is -2.39. The predicted octanol–water partition coefficient (Wildman–Crippen LogP) is 3.82. The Morgan fingerprint density at radius 1 is 1.04 bits per heavy atom. The molecule has 0 fully saturated rings. The van der Waals surface area contributed by atoms with Gasteiger partial charge in [0.15, 0.2) is 0 Å². The summed E-state index contributed by atoms with van der Waals surface area (Å²) in [5, 5.41) is 6.03. The van der Waals surface area contributed by atoms with Gasteiger partial charge in [0.05, 0.1) is 6.54 Å². The van der Waals surface area contributed by atoms with E-state index in [4.69, 9.17) is 0 Å². The van der Waals surface area contributed by atoms with Crippen LogP contribution in [0.4, 0.5) is 17.1 Å². The number of carbonyl (C=O) groups excluding carboxylic acids is 2. The third-order valence-electron chi connectivity index (χ3n) is 4.50. The average molecular weight is 351 g/mol. The van der Waals surface area contributed by atoms with E-state index in [1.807, 2.05) is 54.3 Å². The molecule has 0 spiro atoms. The summed E-state index contributed by atoms with van der Waals surface area (Å²) in [7, 11) is 0. The molecule has 3 rings (SSSR count). The zero-order valence-corrected chi connectivity index (χ0v) is 15.1. The lowest BCUT2D eigenvalue weighted by Gasteiger charge is -2.29. The Morgan fingerprint density at radius 2 is 1.77 bits per heavy atom. The van der Waals surface area contributed by atoms with Crippen LogP contribution in [0.5, 0.6) is 0 Å². The molecule has 0 aromatic heterocycles. The lowest BCUT2D eigenvalue weighted by atomic mass is 10.0. The molecule has 2 aromatic rings. The first-order chi connectivity index (χ1) is 12.7. The summed E-state index contributed by atoms with van der Waals surface area (Å²) >= 11 is 0. The summed E-state index contributed by atoms with van der Waals surface area (Å²) in [5.41, 5.74) is 3.89. The number of nitrogens with one attached hydrogen (secondary N) is 2. The Morgan fingerprint density at radius 3 is 2.54 bits per heavy atom. The van der Waals surface area contributed by atoms with Crippen molar-refractivity contribution in [2.75, 3.05) is 28.6 Å². The van der Waals surface area contributed by atoms with Gasteiger partial charge in [-0.15, -0.1) is 0 Å². The van der Waals surface area contributed by atoms with E-state index in [1.54, 1.807) is 0 Å². The number of nitrogens with zero attached hydrogens (tertiary/aromatic N) is 1. The van der Waals surface area contributed by atoms with Crippen molar-refractivity contribution in [2.45, 2.75) is 32.6 Å². The minimum absolute atomic E-state index is 0.0205. The number of hydrogen-bond donors (Lipinski definition) is 2. The van der Waals surface area contributed by atoms with Gasteiger partial charge in [-0.3, -0.25) is 9.59 Å². The van der Waals surface area contributed by atoms with Crippen LogP contribution in [0, 0.1) is 0 Å². The smallest absolute Gasteiger partial charge is 0.246 e. The molecule has 0 atom stereocenters. The maximum atomic E-state index is 12.6. The number of anilines is 3. The van der Waals surface area contributed by atoms with Crippen molar-refractivity contribution in [3.05, 3.63) is 54.1 Å². The van der Waals surface area contributed by atoms with E-state index < -0.39 is 0 Å². The van der Waals surface area contributed by atoms with Crippen molar-refractivity contribution in [3.8, 4) is 0 Å². The summed E-state index contributed by atoms with van der Waals surface area (Å²) in [6.07, 6.45) is 3.37. The van der Waals surface area contributed by atoms with Crippen molar-refractivity contribution in [3.63, 3.8) is 0 Å². The fourth-order valence-corrected chi connectivity index (χ4v) is 3.19. The monoisotopic (exact) mass is 351 g/mol. The van der Waals surface area contributed by atoms with Crippen LogP contribution in [0.3, 0.4) is 0 Å². The lowest BCUT2D eigenvalue weighted by molar-refractivity contribution is -0.117. The summed E-state index contributed by atoms with van der Waals surface area (Å²) in [6.45, 7) is 2.99. The van der Waals surface area contributed by atoms with Gasteiger partial charge < -0.3 is 15.5 Å². The highest BCUT2D eigenvalue weighted by atomic mass is 16.2. The zero-order chi connectivity index (χ0) is 18.4. The van der Waals surface area contributed by atoms with E-state index in [2.05, 4.69) is 16.7 Å². The van der Waals surface area contributed by atoms with Gasteiger partial charge in [-0.2, -0.15) is 0 Å². The van der Waals surface area contributed by atoms with Gasteiger partial charge >= 0.3 is 0 Å². The molecule has 0 unspecified atom stereocenters. The molecule has 1 heterocycles. The molecule has 1 aliphatic rings. The Balaban J connectivity index is 1.56. The summed E-state index contributed by atoms with van der Waals surface area (Å²) < 4.78 is 0. The number of carbonyl (C=O) groups is 2. The summed E-state index contributed by atoms with van der Waals surface area (Å²) in [6, 6.07) is 15.5. The van der Waals surface area contributed by atoms with Crippen LogP contribution < -0.4 is 15.5 Å². The number of benzene rings is 2. The third kappa shape index (κ3) is 4.42. The molecule has 0 aliphatic carbocycles. The molecule has 2 N–H and O–H groups in total. The first-order valence-corrected chi connectivity index (χ1v) is 9.19. The minimum atomic E-state index is 0.0205. The number of hydrogen-bond acceptors (Lipinski definition) is 3. The number of rotatable bonds is 6. The second-order valence-electron chi connectivity index (χ2n) is 6.51. The normalized spacial score (nSPS) is 13.0. The molecule has 0 saturated heterocycles. The number of aryl methyl sites for hydroxylation is 1. The van der Waals surface area contributed by atoms with Crippen molar-refractivity contribution in [2.24, 2.45) is 0 Å². The van der Waals surface area contributed by atoms with Gasteiger partial charge in [0, 0.05) is 30.0 Å². The molecule has 136 valence electrons. The SMILES string of the molecule is CCCC(=O)Nc1ccc(NCC(=O)N2CCCc3ccccc32)cc1. The van der Waals surface area contributed by atoms with Crippen LogP contribution in [0.2, 0.25) is 0 Å². The van der Waals surface area contributed by atoms with Gasteiger partial charge in [0.1, 0.15) is 0 Å². The summed E-state index contributed by atoms with van der Waals surface area (Å²) in [5.74, 6) is 0.0876.